The van der Waals surface area contributed by atoms with Crippen LogP contribution in [0.1, 0.15) is 59.8 Å². The third-order valence-electron chi connectivity index (χ3n) is 3.76. The summed E-state index contributed by atoms with van der Waals surface area (Å²) in [6.07, 6.45) is 11.2. The van der Waals surface area contributed by atoms with Crippen LogP contribution in [0.4, 0.5) is 0 Å². The summed E-state index contributed by atoms with van der Waals surface area (Å²) in [7, 11) is 0. The third-order valence-corrected chi connectivity index (χ3v) is 3.76. The lowest BCUT2D eigenvalue weighted by Crippen LogP contribution is -2.28. The average molecular weight is 235 g/mol. The Kier molecular flexibility index (Phi) is 5.30. The van der Waals surface area contributed by atoms with Crippen LogP contribution < -0.4 is 5.32 Å². The van der Waals surface area contributed by atoms with Crippen molar-refractivity contribution in [2.24, 2.45) is 11.3 Å². The lowest BCUT2D eigenvalue weighted by molar-refractivity contribution is 0.247. The van der Waals surface area contributed by atoms with Crippen LogP contribution in [-0.2, 0) is 0 Å². The maximum Gasteiger partial charge on any atom is 0.0201 e. The highest BCUT2D eigenvalue weighted by Gasteiger charge is 2.27. The Labute approximate surface area is 107 Å². The van der Waals surface area contributed by atoms with Crippen LogP contribution in [0.15, 0.2) is 24.4 Å². The Morgan fingerprint density at radius 1 is 1.41 bits per heavy atom. The number of nitrogens with one attached hydrogen (secondary N) is 1. The van der Waals surface area contributed by atoms with Gasteiger partial charge < -0.3 is 5.32 Å². The fourth-order valence-electron chi connectivity index (χ4n) is 2.68. The maximum absolute atomic E-state index is 4.17. The van der Waals surface area contributed by atoms with Crippen LogP contribution in [0.2, 0.25) is 0 Å². The zero-order chi connectivity index (χ0) is 12.9. The Bertz CT molecular complexity index is 273. The first-order valence-electron chi connectivity index (χ1n) is 7.04. The monoisotopic (exact) mass is 235 g/mol. The van der Waals surface area contributed by atoms with Crippen molar-refractivity contribution in [1.29, 1.82) is 0 Å². The van der Waals surface area contributed by atoms with E-state index in [0.29, 0.717) is 11.5 Å². The average Bonchev–Trinajstić information content (AvgIpc) is 2.17. The molecule has 1 rings (SSSR count). The molecule has 0 amide bonds. The van der Waals surface area contributed by atoms with Gasteiger partial charge in [0.15, 0.2) is 0 Å². The van der Waals surface area contributed by atoms with Crippen molar-refractivity contribution < 1.29 is 0 Å². The van der Waals surface area contributed by atoms with E-state index in [0.717, 1.165) is 12.3 Å². The Hall–Kier alpha value is -0.720. The van der Waals surface area contributed by atoms with Crippen LogP contribution in [0, 0.1) is 11.3 Å². The minimum Gasteiger partial charge on any atom is -0.387 e. The molecular weight excluding hydrogens is 206 g/mol. The van der Waals surface area contributed by atoms with E-state index < -0.39 is 0 Å². The highest BCUT2D eigenvalue weighted by atomic mass is 14.9. The summed E-state index contributed by atoms with van der Waals surface area (Å²) in [5.74, 6) is 0.720. The molecule has 0 spiro atoms. The van der Waals surface area contributed by atoms with Crippen LogP contribution >= 0.6 is 0 Å². The summed E-state index contributed by atoms with van der Waals surface area (Å²) < 4.78 is 0. The molecule has 0 fully saturated rings. The highest BCUT2D eigenvalue weighted by molar-refractivity contribution is 5.04. The van der Waals surface area contributed by atoms with Crippen molar-refractivity contribution in [2.45, 2.75) is 65.8 Å². The third kappa shape index (κ3) is 4.97. The molecule has 0 radical (unpaired) electrons. The Morgan fingerprint density at radius 3 is 2.76 bits per heavy atom. The molecule has 17 heavy (non-hydrogen) atoms. The summed E-state index contributed by atoms with van der Waals surface area (Å²) >= 11 is 0. The smallest absolute Gasteiger partial charge is 0.0201 e. The molecule has 1 nitrogen and oxygen atoms in total. The Balaban J connectivity index is 2.62. The molecule has 1 N–H and O–H groups in total. The minimum absolute atomic E-state index is 0.308. The molecule has 0 aromatic carbocycles. The molecule has 1 aliphatic carbocycles. The van der Waals surface area contributed by atoms with E-state index >= 15 is 0 Å². The molecule has 1 atom stereocenters. The van der Waals surface area contributed by atoms with E-state index in [2.05, 4.69) is 51.7 Å². The summed E-state index contributed by atoms with van der Waals surface area (Å²) in [5, 5.41) is 3.45. The van der Waals surface area contributed by atoms with Crippen LogP contribution in [0.25, 0.3) is 0 Å². The normalized spacial score (nSPS) is 26.1. The van der Waals surface area contributed by atoms with Gasteiger partial charge in [-0.15, -0.1) is 0 Å². The fraction of sp³-hybridized carbons (Fsp3) is 0.750. The number of hydrogen-bond donors (Lipinski definition) is 1. The standard InChI is InChI=1S/C16H29N/c1-13(2)17-14(3)12-15-10-8-6-7-9-11-16(15,4)5/h9,11,13,15,17H,3,6-8,10,12H2,1-2,4-5H3/b11-9-. The molecule has 1 aliphatic rings. The Morgan fingerprint density at radius 2 is 2.12 bits per heavy atom. The van der Waals surface area contributed by atoms with E-state index in [4.69, 9.17) is 0 Å². The van der Waals surface area contributed by atoms with Gasteiger partial charge in [-0.2, -0.15) is 0 Å². The SMILES string of the molecule is C=C(CC1CCCC/C=C\C1(C)C)NC(C)C. The molecule has 98 valence electrons. The number of allylic oxidation sites excluding steroid dienone is 3. The van der Waals surface area contributed by atoms with E-state index in [1.54, 1.807) is 0 Å². The summed E-state index contributed by atoms with van der Waals surface area (Å²) in [6, 6.07) is 0.495. The predicted octanol–water partition coefficient (Wildman–Crippen LogP) is 4.66. The van der Waals surface area contributed by atoms with Crippen molar-refractivity contribution in [3.8, 4) is 0 Å². The van der Waals surface area contributed by atoms with Crippen molar-refractivity contribution in [1.82, 2.24) is 5.32 Å². The zero-order valence-electron chi connectivity index (χ0n) is 12.1. The van der Waals surface area contributed by atoms with Crippen LogP contribution in [-0.4, -0.2) is 6.04 Å². The lowest BCUT2D eigenvalue weighted by atomic mass is 9.72. The van der Waals surface area contributed by atoms with E-state index in [1.807, 2.05) is 0 Å². The van der Waals surface area contributed by atoms with Crippen molar-refractivity contribution in [2.75, 3.05) is 0 Å². The molecule has 0 saturated carbocycles. The van der Waals surface area contributed by atoms with E-state index in [1.165, 1.54) is 31.4 Å². The first-order valence-corrected chi connectivity index (χ1v) is 7.04. The second-order valence-corrected chi connectivity index (χ2v) is 6.31. The van der Waals surface area contributed by atoms with Gasteiger partial charge in [0, 0.05) is 11.7 Å². The van der Waals surface area contributed by atoms with Crippen molar-refractivity contribution in [3.63, 3.8) is 0 Å². The fourth-order valence-corrected chi connectivity index (χ4v) is 2.68. The zero-order valence-corrected chi connectivity index (χ0v) is 12.1. The predicted molar refractivity (Wildman–Crippen MR) is 76.9 cm³/mol. The van der Waals surface area contributed by atoms with Gasteiger partial charge in [0.25, 0.3) is 0 Å². The van der Waals surface area contributed by atoms with Crippen molar-refractivity contribution >= 4 is 0 Å². The van der Waals surface area contributed by atoms with Gasteiger partial charge in [-0.05, 0) is 50.9 Å². The molecule has 0 aromatic rings. The molecular formula is C16H29N. The quantitative estimate of drug-likeness (QED) is 0.699. The van der Waals surface area contributed by atoms with Gasteiger partial charge in [0.1, 0.15) is 0 Å². The molecule has 1 unspecified atom stereocenters. The van der Waals surface area contributed by atoms with Gasteiger partial charge in [-0.3, -0.25) is 0 Å². The molecule has 0 heterocycles. The summed E-state index contributed by atoms with van der Waals surface area (Å²) in [5.41, 5.74) is 1.51. The van der Waals surface area contributed by atoms with Gasteiger partial charge >= 0.3 is 0 Å². The largest absolute Gasteiger partial charge is 0.387 e. The van der Waals surface area contributed by atoms with Crippen molar-refractivity contribution in [3.05, 3.63) is 24.4 Å². The van der Waals surface area contributed by atoms with Gasteiger partial charge in [0.05, 0.1) is 0 Å². The lowest BCUT2D eigenvalue weighted by Gasteiger charge is -2.34. The molecule has 0 bridgehead atoms. The van der Waals surface area contributed by atoms with Gasteiger partial charge in [-0.1, -0.05) is 39.0 Å². The first kappa shape index (κ1) is 14.3. The summed E-state index contributed by atoms with van der Waals surface area (Å²) in [4.78, 5) is 0. The number of rotatable bonds is 4. The second kappa shape index (κ2) is 6.28. The van der Waals surface area contributed by atoms with E-state index in [-0.39, 0.29) is 0 Å². The second-order valence-electron chi connectivity index (χ2n) is 6.31. The number of hydrogen-bond acceptors (Lipinski definition) is 1. The maximum atomic E-state index is 4.17. The van der Waals surface area contributed by atoms with Crippen LogP contribution in [0.3, 0.4) is 0 Å². The highest BCUT2D eigenvalue weighted by Crippen LogP contribution is 2.37. The van der Waals surface area contributed by atoms with Gasteiger partial charge in [-0.25, -0.2) is 0 Å². The molecule has 0 saturated heterocycles. The first-order chi connectivity index (χ1) is 7.92. The van der Waals surface area contributed by atoms with Gasteiger partial charge in [0.2, 0.25) is 0 Å². The topological polar surface area (TPSA) is 12.0 Å². The molecule has 0 aliphatic heterocycles. The summed E-state index contributed by atoms with van der Waals surface area (Å²) in [6.45, 7) is 13.2. The van der Waals surface area contributed by atoms with Crippen LogP contribution in [0.5, 0.6) is 0 Å². The molecule has 1 heteroatoms. The molecule has 0 aromatic heterocycles. The minimum atomic E-state index is 0.308. The van der Waals surface area contributed by atoms with E-state index in [9.17, 15) is 0 Å².